The van der Waals surface area contributed by atoms with Crippen molar-refractivity contribution in [2.24, 2.45) is 0 Å². The van der Waals surface area contributed by atoms with E-state index in [1.165, 1.54) is 0 Å². The van der Waals surface area contributed by atoms with Gasteiger partial charge in [0.2, 0.25) is 0 Å². The average Bonchev–Trinajstić information content (AvgIpc) is 2.82. The second-order valence-electron chi connectivity index (χ2n) is 3.87. The SMILES string of the molecule is c1cnc2cc(C3CCOC3)ncc2c1. The lowest BCUT2D eigenvalue weighted by Gasteiger charge is -2.07. The third-order valence-corrected chi connectivity index (χ3v) is 2.86. The van der Waals surface area contributed by atoms with E-state index in [0.29, 0.717) is 5.92 Å². The second kappa shape index (κ2) is 3.59. The van der Waals surface area contributed by atoms with E-state index in [0.717, 1.165) is 36.2 Å². The van der Waals surface area contributed by atoms with Crippen LogP contribution in [0.2, 0.25) is 0 Å². The quantitative estimate of drug-likeness (QED) is 0.707. The molecule has 0 saturated carbocycles. The van der Waals surface area contributed by atoms with Crippen LogP contribution in [0.25, 0.3) is 10.9 Å². The molecule has 2 aromatic rings. The molecule has 15 heavy (non-hydrogen) atoms. The zero-order valence-electron chi connectivity index (χ0n) is 8.39. The first-order chi connectivity index (χ1) is 7.43. The molecule has 1 aliphatic heterocycles. The minimum atomic E-state index is 0.455. The second-order valence-corrected chi connectivity index (χ2v) is 3.87. The van der Waals surface area contributed by atoms with Gasteiger partial charge in [0.25, 0.3) is 0 Å². The summed E-state index contributed by atoms with van der Waals surface area (Å²) in [5.41, 5.74) is 2.13. The molecule has 76 valence electrons. The molecule has 1 unspecified atom stereocenters. The highest BCUT2D eigenvalue weighted by Gasteiger charge is 2.19. The molecule has 0 aromatic carbocycles. The first kappa shape index (κ1) is 8.80. The Morgan fingerprint density at radius 3 is 3.20 bits per heavy atom. The molecular formula is C12H12N2O. The topological polar surface area (TPSA) is 35.0 Å². The summed E-state index contributed by atoms with van der Waals surface area (Å²) in [5.74, 6) is 0.455. The number of pyridine rings is 2. The van der Waals surface area contributed by atoms with E-state index in [-0.39, 0.29) is 0 Å². The van der Waals surface area contributed by atoms with Crippen LogP contribution in [0, 0.1) is 0 Å². The van der Waals surface area contributed by atoms with Crippen molar-refractivity contribution in [1.82, 2.24) is 9.97 Å². The van der Waals surface area contributed by atoms with Gasteiger partial charge in [0, 0.05) is 36.0 Å². The highest BCUT2D eigenvalue weighted by molar-refractivity contribution is 5.77. The fraction of sp³-hybridized carbons (Fsp3) is 0.333. The summed E-state index contributed by atoms with van der Waals surface area (Å²) < 4.78 is 5.36. The largest absolute Gasteiger partial charge is 0.381 e. The summed E-state index contributed by atoms with van der Waals surface area (Å²) in [6, 6.07) is 6.04. The average molecular weight is 200 g/mol. The maximum absolute atomic E-state index is 5.36. The van der Waals surface area contributed by atoms with Crippen molar-refractivity contribution in [3.05, 3.63) is 36.3 Å². The number of ether oxygens (including phenoxy) is 1. The van der Waals surface area contributed by atoms with Crippen molar-refractivity contribution >= 4 is 10.9 Å². The van der Waals surface area contributed by atoms with E-state index in [1.54, 1.807) is 0 Å². The van der Waals surface area contributed by atoms with Crippen LogP contribution in [-0.4, -0.2) is 23.2 Å². The Labute approximate surface area is 88.1 Å². The zero-order valence-corrected chi connectivity index (χ0v) is 8.39. The number of fused-ring (bicyclic) bond motifs is 1. The molecule has 1 saturated heterocycles. The normalized spacial score (nSPS) is 20.9. The zero-order chi connectivity index (χ0) is 10.1. The van der Waals surface area contributed by atoms with Crippen LogP contribution in [0.4, 0.5) is 0 Å². The van der Waals surface area contributed by atoms with Gasteiger partial charge in [0.15, 0.2) is 0 Å². The Bertz CT molecular complexity index is 478. The van der Waals surface area contributed by atoms with Gasteiger partial charge in [-0.15, -0.1) is 0 Å². The molecule has 1 fully saturated rings. The van der Waals surface area contributed by atoms with Crippen LogP contribution in [0.15, 0.2) is 30.6 Å². The Kier molecular flexibility index (Phi) is 2.10. The molecule has 0 spiro atoms. The molecule has 0 amide bonds. The minimum Gasteiger partial charge on any atom is -0.381 e. The van der Waals surface area contributed by atoms with Gasteiger partial charge in [-0.25, -0.2) is 0 Å². The summed E-state index contributed by atoms with van der Waals surface area (Å²) in [6.07, 6.45) is 4.79. The maximum atomic E-state index is 5.36. The number of nitrogens with zero attached hydrogens (tertiary/aromatic N) is 2. The van der Waals surface area contributed by atoms with Crippen LogP contribution in [-0.2, 0) is 4.74 Å². The lowest BCUT2D eigenvalue weighted by molar-refractivity contribution is 0.193. The van der Waals surface area contributed by atoms with E-state index < -0.39 is 0 Å². The van der Waals surface area contributed by atoms with Crippen LogP contribution >= 0.6 is 0 Å². The molecule has 0 aliphatic carbocycles. The molecule has 1 atom stereocenters. The summed E-state index contributed by atoms with van der Waals surface area (Å²) in [5, 5.41) is 1.10. The molecule has 3 heterocycles. The lowest BCUT2D eigenvalue weighted by Crippen LogP contribution is -2.00. The summed E-state index contributed by atoms with van der Waals surface area (Å²) in [6.45, 7) is 1.65. The van der Waals surface area contributed by atoms with Crippen LogP contribution in [0.3, 0.4) is 0 Å². The Balaban J connectivity index is 2.05. The van der Waals surface area contributed by atoms with Crippen molar-refractivity contribution in [3.8, 4) is 0 Å². The van der Waals surface area contributed by atoms with Crippen LogP contribution < -0.4 is 0 Å². The molecule has 0 bridgehead atoms. The van der Waals surface area contributed by atoms with Crippen LogP contribution in [0.1, 0.15) is 18.0 Å². The van der Waals surface area contributed by atoms with E-state index in [2.05, 4.69) is 16.0 Å². The van der Waals surface area contributed by atoms with Gasteiger partial charge in [-0.05, 0) is 24.6 Å². The summed E-state index contributed by atoms with van der Waals surface area (Å²) in [7, 11) is 0. The molecular weight excluding hydrogens is 188 g/mol. The fourth-order valence-electron chi connectivity index (χ4n) is 1.97. The predicted molar refractivity (Wildman–Crippen MR) is 57.7 cm³/mol. The van der Waals surface area contributed by atoms with Crippen molar-refractivity contribution in [2.75, 3.05) is 13.2 Å². The van der Waals surface area contributed by atoms with Gasteiger partial charge in [-0.2, -0.15) is 0 Å². The first-order valence-corrected chi connectivity index (χ1v) is 5.22. The Morgan fingerprint density at radius 1 is 1.33 bits per heavy atom. The van der Waals surface area contributed by atoms with Gasteiger partial charge >= 0.3 is 0 Å². The van der Waals surface area contributed by atoms with E-state index >= 15 is 0 Å². The van der Waals surface area contributed by atoms with Crippen LogP contribution in [0.5, 0.6) is 0 Å². The lowest BCUT2D eigenvalue weighted by atomic mass is 10.0. The number of hydrogen-bond donors (Lipinski definition) is 0. The fourth-order valence-corrected chi connectivity index (χ4v) is 1.97. The Morgan fingerprint density at radius 2 is 2.33 bits per heavy atom. The number of hydrogen-bond acceptors (Lipinski definition) is 3. The van der Waals surface area contributed by atoms with Gasteiger partial charge in [0.05, 0.1) is 12.1 Å². The Hall–Kier alpha value is -1.48. The molecule has 2 aromatic heterocycles. The van der Waals surface area contributed by atoms with E-state index in [9.17, 15) is 0 Å². The summed E-state index contributed by atoms with van der Waals surface area (Å²) >= 11 is 0. The molecule has 3 rings (SSSR count). The van der Waals surface area contributed by atoms with Crippen molar-refractivity contribution in [3.63, 3.8) is 0 Å². The third-order valence-electron chi connectivity index (χ3n) is 2.86. The standard InChI is InChI=1S/C12H12N2O/c1-2-9-7-14-12(6-11(9)13-4-1)10-3-5-15-8-10/h1-2,4,6-7,10H,3,5,8H2. The van der Waals surface area contributed by atoms with Gasteiger partial charge < -0.3 is 4.74 Å². The number of rotatable bonds is 1. The molecule has 3 heteroatoms. The highest BCUT2D eigenvalue weighted by Crippen LogP contribution is 2.25. The first-order valence-electron chi connectivity index (χ1n) is 5.22. The highest BCUT2D eigenvalue weighted by atomic mass is 16.5. The van der Waals surface area contributed by atoms with E-state index in [4.69, 9.17) is 4.74 Å². The maximum Gasteiger partial charge on any atom is 0.0735 e. The number of aromatic nitrogens is 2. The van der Waals surface area contributed by atoms with Crippen molar-refractivity contribution in [2.45, 2.75) is 12.3 Å². The third kappa shape index (κ3) is 1.59. The minimum absolute atomic E-state index is 0.455. The van der Waals surface area contributed by atoms with Crippen molar-refractivity contribution < 1.29 is 4.74 Å². The molecule has 3 nitrogen and oxygen atoms in total. The predicted octanol–water partition coefficient (Wildman–Crippen LogP) is 2.13. The smallest absolute Gasteiger partial charge is 0.0735 e. The molecule has 0 N–H and O–H groups in total. The molecule has 1 aliphatic rings. The van der Waals surface area contributed by atoms with Gasteiger partial charge in [-0.1, -0.05) is 0 Å². The molecule has 0 radical (unpaired) electrons. The van der Waals surface area contributed by atoms with Gasteiger partial charge in [0.1, 0.15) is 0 Å². The monoisotopic (exact) mass is 200 g/mol. The van der Waals surface area contributed by atoms with Gasteiger partial charge in [-0.3, -0.25) is 9.97 Å². The van der Waals surface area contributed by atoms with Crippen molar-refractivity contribution in [1.29, 1.82) is 0 Å². The van der Waals surface area contributed by atoms with E-state index in [1.807, 2.05) is 24.5 Å². The summed E-state index contributed by atoms with van der Waals surface area (Å²) in [4.78, 5) is 8.80.